The number of nitrogens with one attached hydrogen (secondary N) is 1. The van der Waals surface area contributed by atoms with E-state index in [2.05, 4.69) is 5.32 Å². The normalized spacial score (nSPS) is 12.2. The summed E-state index contributed by atoms with van der Waals surface area (Å²) < 4.78 is 37.2. The molecule has 19 heavy (non-hydrogen) atoms. The van der Waals surface area contributed by atoms with Crippen molar-refractivity contribution in [3.63, 3.8) is 0 Å². The van der Waals surface area contributed by atoms with Gasteiger partial charge in [0.05, 0.1) is 17.3 Å². The van der Waals surface area contributed by atoms with Gasteiger partial charge in [0.15, 0.2) is 0 Å². The molecular weight excluding hydrogens is 277 g/mol. The zero-order valence-corrected chi connectivity index (χ0v) is 11.7. The lowest BCUT2D eigenvalue weighted by Crippen LogP contribution is -2.41. The smallest absolute Gasteiger partial charge is 0.383 e. The van der Waals surface area contributed by atoms with Crippen LogP contribution in [0.3, 0.4) is 0 Å². The van der Waals surface area contributed by atoms with Crippen LogP contribution in [0.15, 0.2) is 24.3 Å². The van der Waals surface area contributed by atoms with E-state index >= 15 is 0 Å². The molecule has 1 rings (SSSR count). The summed E-state index contributed by atoms with van der Waals surface area (Å²) in [5.74, 6) is 0. The highest BCUT2D eigenvalue weighted by Gasteiger charge is 2.31. The average molecular weight is 295 g/mol. The Morgan fingerprint density at radius 3 is 2.42 bits per heavy atom. The van der Waals surface area contributed by atoms with Crippen molar-refractivity contribution in [2.45, 2.75) is 26.1 Å². The van der Waals surface area contributed by atoms with Crippen molar-refractivity contribution in [1.82, 2.24) is 4.90 Å². The van der Waals surface area contributed by atoms with Gasteiger partial charge in [-0.25, -0.2) is 0 Å². The van der Waals surface area contributed by atoms with Crippen LogP contribution < -0.4 is 5.32 Å². The Labute approximate surface area is 116 Å². The van der Waals surface area contributed by atoms with E-state index in [-0.39, 0.29) is 6.04 Å². The molecule has 0 spiro atoms. The third kappa shape index (κ3) is 6.16. The molecule has 108 valence electrons. The van der Waals surface area contributed by atoms with Crippen LogP contribution in [0.5, 0.6) is 0 Å². The molecule has 0 aliphatic carbocycles. The molecule has 0 aliphatic rings. The van der Waals surface area contributed by atoms with E-state index in [0.29, 0.717) is 18.1 Å². The number of benzene rings is 1. The van der Waals surface area contributed by atoms with E-state index in [9.17, 15) is 13.2 Å². The first-order chi connectivity index (χ1) is 8.79. The Kier molecular flexibility index (Phi) is 5.94. The molecule has 1 aromatic carbocycles. The van der Waals surface area contributed by atoms with Crippen molar-refractivity contribution in [2.24, 2.45) is 0 Å². The number of halogens is 4. The second-order valence-electron chi connectivity index (χ2n) is 4.59. The SMILES string of the molecule is CC(C)N(CCNc1ccccc1Cl)CC(F)(F)F. The lowest BCUT2D eigenvalue weighted by atomic mass is 10.3. The van der Waals surface area contributed by atoms with E-state index in [1.165, 1.54) is 4.90 Å². The van der Waals surface area contributed by atoms with Crippen molar-refractivity contribution in [3.8, 4) is 0 Å². The molecule has 0 heterocycles. The average Bonchev–Trinajstić information content (AvgIpc) is 2.28. The standard InChI is InChI=1S/C13H18ClF3N2/c1-10(2)19(9-13(15,16)17)8-7-18-12-6-4-3-5-11(12)14/h3-6,10,18H,7-9H2,1-2H3. The van der Waals surface area contributed by atoms with Crippen molar-refractivity contribution in [2.75, 3.05) is 25.0 Å². The van der Waals surface area contributed by atoms with Crippen LogP contribution in [0.2, 0.25) is 5.02 Å². The topological polar surface area (TPSA) is 15.3 Å². The molecule has 6 heteroatoms. The van der Waals surface area contributed by atoms with Gasteiger partial charge >= 0.3 is 6.18 Å². The second kappa shape index (κ2) is 7.01. The van der Waals surface area contributed by atoms with Crippen LogP contribution in [0.25, 0.3) is 0 Å². The van der Waals surface area contributed by atoms with Gasteiger partial charge in [0.1, 0.15) is 0 Å². The highest BCUT2D eigenvalue weighted by atomic mass is 35.5. The molecule has 0 amide bonds. The van der Waals surface area contributed by atoms with Gasteiger partial charge in [-0.05, 0) is 26.0 Å². The predicted molar refractivity (Wildman–Crippen MR) is 72.7 cm³/mol. The lowest BCUT2D eigenvalue weighted by molar-refractivity contribution is -0.149. The number of rotatable bonds is 6. The minimum atomic E-state index is -4.17. The Morgan fingerprint density at radius 1 is 1.26 bits per heavy atom. The molecular formula is C13H18ClF3N2. The number of hydrogen-bond donors (Lipinski definition) is 1. The molecule has 2 nitrogen and oxygen atoms in total. The van der Waals surface area contributed by atoms with Crippen molar-refractivity contribution < 1.29 is 13.2 Å². The molecule has 1 aromatic rings. The minimum Gasteiger partial charge on any atom is -0.383 e. The zero-order valence-electron chi connectivity index (χ0n) is 11.0. The highest BCUT2D eigenvalue weighted by Crippen LogP contribution is 2.21. The van der Waals surface area contributed by atoms with Gasteiger partial charge in [0.25, 0.3) is 0 Å². The Bertz CT molecular complexity index is 394. The van der Waals surface area contributed by atoms with Crippen LogP contribution >= 0.6 is 11.6 Å². The Balaban J connectivity index is 2.47. The van der Waals surface area contributed by atoms with Crippen LogP contribution in [0.1, 0.15) is 13.8 Å². The summed E-state index contributed by atoms with van der Waals surface area (Å²) in [6.45, 7) is 3.33. The van der Waals surface area contributed by atoms with Crippen molar-refractivity contribution in [3.05, 3.63) is 29.3 Å². The van der Waals surface area contributed by atoms with E-state index in [4.69, 9.17) is 11.6 Å². The molecule has 0 aromatic heterocycles. The summed E-state index contributed by atoms with van der Waals surface area (Å²) in [6, 6.07) is 7.00. The summed E-state index contributed by atoms with van der Waals surface area (Å²) in [5.41, 5.74) is 0.736. The summed E-state index contributed by atoms with van der Waals surface area (Å²) in [7, 11) is 0. The molecule has 1 N–H and O–H groups in total. The third-order valence-electron chi connectivity index (χ3n) is 2.70. The minimum absolute atomic E-state index is 0.158. The molecule has 0 unspecified atom stereocenters. The summed E-state index contributed by atoms with van der Waals surface area (Å²) in [6.07, 6.45) is -4.17. The number of nitrogens with zero attached hydrogens (tertiary/aromatic N) is 1. The molecule has 0 aliphatic heterocycles. The van der Waals surface area contributed by atoms with Crippen molar-refractivity contribution in [1.29, 1.82) is 0 Å². The second-order valence-corrected chi connectivity index (χ2v) is 4.99. The quantitative estimate of drug-likeness (QED) is 0.852. The molecule has 0 radical (unpaired) electrons. The Morgan fingerprint density at radius 2 is 1.89 bits per heavy atom. The van der Waals surface area contributed by atoms with E-state index in [1.807, 2.05) is 6.07 Å². The fourth-order valence-electron chi connectivity index (χ4n) is 1.69. The molecule has 0 bridgehead atoms. The molecule has 0 saturated heterocycles. The number of hydrogen-bond acceptors (Lipinski definition) is 2. The first-order valence-electron chi connectivity index (χ1n) is 6.09. The van der Waals surface area contributed by atoms with E-state index < -0.39 is 12.7 Å². The van der Waals surface area contributed by atoms with Gasteiger partial charge in [-0.3, -0.25) is 4.90 Å². The predicted octanol–water partition coefficient (Wildman–Crippen LogP) is 4.02. The van der Waals surface area contributed by atoms with Gasteiger partial charge in [-0.2, -0.15) is 13.2 Å². The van der Waals surface area contributed by atoms with E-state index in [0.717, 1.165) is 5.69 Å². The highest BCUT2D eigenvalue weighted by molar-refractivity contribution is 6.33. The van der Waals surface area contributed by atoms with Crippen LogP contribution in [0.4, 0.5) is 18.9 Å². The summed E-state index contributed by atoms with van der Waals surface area (Å²) >= 11 is 5.95. The molecule has 0 fully saturated rings. The lowest BCUT2D eigenvalue weighted by Gasteiger charge is -2.27. The zero-order chi connectivity index (χ0) is 14.5. The van der Waals surface area contributed by atoms with Crippen LogP contribution in [-0.4, -0.2) is 36.8 Å². The number of anilines is 1. The first kappa shape index (κ1) is 16.1. The largest absolute Gasteiger partial charge is 0.401 e. The Hall–Kier alpha value is -0.940. The van der Waals surface area contributed by atoms with Gasteiger partial charge in [-0.15, -0.1) is 0 Å². The van der Waals surface area contributed by atoms with Gasteiger partial charge in [0, 0.05) is 19.1 Å². The van der Waals surface area contributed by atoms with Crippen LogP contribution in [-0.2, 0) is 0 Å². The van der Waals surface area contributed by atoms with E-state index in [1.54, 1.807) is 32.0 Å². The maximum atomic E-state index is 12.4. The molecule has 0 atom stereocenters. The fourth-order valence-corrected chi connectivity index (χ4v) is 1.89. The number of para-hydroxylation sites is 1. The van der Waals surface area contributed by atoms with Crippen LogP contribution in [0, 0.1) is 0 Å². The molecule has 0 saturated carbocycles. The number of alkyl halides is 3. The maximum Gasteiger partial charge on any atom is 0.401 e. The van der Waals surface area contributed by atoms with Gasteiger partial charge < -0.3 is 5.32 Å². The first-order valence-corrected chi connectivity index (χ1v) is 6.46. The fraction of sp³-hybridized carbons (Fsp3) is 0.538. The maximum absolute atomic E-state index is 12.4. The summed E-state index contributed by atoms with van der Waals surface area (Å²) in [4.78, 5) is 1.38. The van der Waals surface area contributed by atoms with Crippen molar-refractivity contribution >= 4 is 17.3 Å². The van der Waals surface area contributed by atoms with Gasteiger partial charge in [0.2, 0.25) is 0 Å². The third-order valence-corrected chi connectivity index (χ3v) is 3.03. The summed E-state index contributed by atoms with van der Waals surface area (Å²) in [5, 5.41) is 3.61. The van der Waals surface area contributed by atoms with Gasteiger partial charge in [-0.1, -0.05) is 23.7 Å². The monoisotopic (exact) mass is 294 g/mol.